The van der Waals surface area contributed by atoms with Crippen LogP contribution in [0.25, 0.3) is 0 Å². The molecule has 0 radical (unpaired) electrons. The van der Waals surface area contributed by atoms with Crippen LogP contribution in [0.2, 0.25) is 0 Å². The quantitative estimate of drug-likeness (QED) is 0.836. The second-order valence-corrected chi connectivity index (χ2v) is 5.42. The molecular formula is C12H16N4OS. The van der Waals surface area contributed by atoms with E-state index in [0.717, 1.165) is 17.3 Å². The van der Waals surface area contributed by atoms with E-state index in [2.05, 4.69) is 29.0 Å². The van der Waals surface area contributed by atoms with E-state index in [9.17, 15) is 0 Å². The second kappa shape index (κ2) is 5.86. The molecular weight excluding hydrogens is 248 g/mol. The molecule has 2 aromatic rings. The highest BCUT2D eigenvalue weighted by Crippen LogP contribution is 2.20. The largest absolute Gasteiger partial charge is 0.397 e. The summed E-state index contributed by atoms with van der Waals surface area (Å²) in [5, 5.41) is 4.84. The lowest BCUT2D eigenvalue weighted by atomic mass is 10.1. The van der Waals surface area contributed by atoms with Crippen molar-refractivity contribution in [3.8, 4) is 0 Å². The minimum atomic E-state index is 0.530. The predicted octanol–water partition coefficient (Wildman–Crippen LogP) is 2.54. The summed E-state index contributed by atoms with van der Waals surface area (Å²) in [6.07, 6.45) is 2.48. The summed E-state index contributed by atoms with van der Waals surface area (Å²) in [4.78, 5) is 8.53. The molecule has 6 heteroatoms. The van der Waals surface area contributed by atoms with E-state index < -0.39 is 0 Å². The van der Waals surface area contributed by atoms with Crippen molar-refractivity contribution in [2.24, 2.45) is 5.92 Å². The Labute approximate surface area is 110 Å². The van der Waals surface area contributed by atoms with Crippen LogP contribution in [0.3, 0.4) is 0 Å². The first-order valence-corrected chi connectivity index (χ1v) is 6.78. The molecule has 0 fully saturated rings. The van der Waals surface area contributed by atoms with Gasteiger partial charge in [-0.25, -0.2) is 4.98 Å². The molecule has 5 nitrogen and oxygen atoms in total. The van der Waals surface area contributed by atoms with Gasteiger partial charge in [0.25, 0.3) is 0 Å². The SMILES string of the molecule is CC(C)Cc1noc(CSc2ccc(N)cn2)n1. The van der Waals surface area contributed by atoms with Crippen LogP contribution in [0.1, 0.15) is 25.6 Å². The average molecular weight is 264 g/mol. The first-order valence-electron chi connectivity index (χ1n) is 5.79. The van der Waals surface area contributed by atoms with Crippen molar-refractivity contribution < 1.29 is 4.52 Å². The average Bonchev–Trinajstić information content (AvgIpc) is 2.75. The third-order valence-electron chi connectivity index (χ3n) is 2.20. The van der Waals surface area contributed by atoms with E-state index >= 15 is 0 Å². The van der Waals surface area contributed by atoms with Gasteiger partial charge in [-0.05, 0) is 18.1 Å². The molecule has 0 aromatic carbocycles. The molecule has 0 bridgehead atoms. The lowest BCUT2D eigenvalue weighted by Crippen LogP contribution is -1.96. The minimum Gasteiger partial charge on any atom is -0.397 e. The Hall–Kier alpha value is -1.56. The fourth-order valence-electron chi connectivity index (χ4n) is 1.41. The summed E-state index contributed by atoms with van der Waals surface area (Å²) in [6, 6.07) is 3.71. The highest BCUT2D eigenvalue weighted by molar-refractivity contribution is 7.98. The lowest BCUT2D eigenvalue weighted by Gasteiger charge is -1.98. The summed E-state index contributed by atoms with van der Waals surface area (Å²) in [5.74, 6) is 2.56. The zero-order valence-corrected chi connectivity index (χ0v) is 11.3. The fourth-order valence-corrected chi connectivity index (χ4v) is 2.09. The van der Waals surface area contributed by atoms with Gasteiger partial charge in [0, 0.05) is 6.42 Å². The zero-order valence-electron chi connectivity index (χ0n) is 10.5. The van der Waals surface area contributed by atoms with Crippen molar-refractivity contribution in [2.45, 2.75) is 31.0 Å². The van der Waals surface area contributed by atoms with Gasteiger partial charge >= 0.3 is 0 Å². The number of nitrogens with zero attached hydrogens (tertiary/aromatic N) is 3. The van der Waals surface area contributed by atoms with Gasteiger partial charge in [-0.3, -0.25) is 0 Å². The van der Waals surface area contributed by atoms with Gasteiger partial charge in [0.1, 0.15) is 0 Å². The summed E-state index contributed by atoms with van der Waals surface area (Å²) in [6.45, 7) is 4.26. The number of aromatic nitrogens is 3. The first kappa shape index (κ1) is 12.9. The van der Waals surface area contributed by atoms with Crippen LogP contribution in [0.5, 0.6) is 0 Å². The second-order valence-electron chi connectivity index (χ2n) is 4.42. The van der Waals surface area contributed by atoms with Crippen LogP contribution >= 0.6 is 11.8 Å². The number of hydrogen-bond donors (Lipinski definition) is 1. The van der Waals surface area contributed by atoms with Crippen LogP contribution in [0, 0.1) is 5.92 Å². The zero-order chi connectivity index (χ0) is 13.0. The molecule has 0 spiro atoms. The third-order valence-corrected chi connectivity index (χ3v) is 3.13. The van der Waals surface area contributed by atoms with Crippen molar-refractivity contribution >= 4 is 17.4 Å². The molecule has 0 aliphatic heterocycles. The Morgan fingerprint density at radius 3 is 2.89 bits per heavy atom. The number of pyridine rings is 1. The van der Waals surface area contributed by atoms with E-state index in [1.54, 1.807) is 18.0 Å². The maximum absolute atomic E-state index is 5.57. The number of rotatable bonds is 5. The van der Waals surface area contributed by atoms with Crippen molar-refractivity contribution in [1.82, 2.24) is 15.1 Å². The molecule has 0 saturated heterocycles. The molecule has 2 heterocycles. The van der Waals surface area contributed by atoms with Crippen molar-refractivity contribution in [2.75, 3.05) is 5.73 Å². The molecule has 18 heavy (non-hydrogen) atoms. The van der Waals surface area contributed by atoms with E-state index in [1.807, 2.05) is 12.1 Å². The number of anilines is 1. The number of hydrogen-bond acceptors (Lipinski definition) is 6. The normalized spacial score (nSPS) is 11.1. The molecule has 0 aliphatic rings. The van der Waals surface area contributed by atoms with Crippen LogP contribution < -0.4 is 5.73 Å². The molecule has 2 rings (SSSR count). The topological polar surface area (TPSA) is 77.8 Å². The summed E-state index contributed by atoms with van der Waals surface area (Å²) in [7, 11) is 0. The molecule has 0 atom stereocenters. The van der Waals surface area contributed by atoms with Gasteiger partial charge in [-0.2, -0.15) is 4.98 Å². The molecule has 0 saturated carbocycles. The van der Waals surface area contributed by atoms with Crippen LogP contribution in [0.15, 0.2) is 27.9 Å². The van der Waals surface area contributed by atoms with Gasteiger partial charge in [0.2, 0.25) is 5.89 Å². The molecule has 0 aliphatic carbocycles. The van der Waals surface area contributed by atoms with E-state index in [4.69, 9.17) is 10.3 Å². The molecule has 0 amide bonds. The highest BCUT2D eigenvalue weighted by Gasteiger charge is 2.08. The summed E-state index contributed by atoms with van der Waals surface area (Å²) in [5.41, 5.74) is 6.23. The van der Waals surface area contributed by atoms with Crippen LogP contribution in [-0.2, 0) is 12.2 Å². The van der Waals surface area contributed by atoms with Crippen LogP contribution in [-0.4, -0.2) is 15.1 Å². The van der Waals surface area contributed by atoms with E-state index in [-0.39, 0.29) is 0 Å². The minimum absolute atomic E-state index is 0.530. The maximum Gasteiger partial charge on any atom is 0.237 e. The van der Waals surface area contributed by atoms with Gasteiger partial charge in [-0.1, -0.05) is 30.8 Å². The van der Waals surface area contributed by atoms with Crippen LogP contribution in [0.4, 0.5) is 5.69 Å². The number of nitrogen functional groups attached to an aromatic ring is 1. The predicted molar refractivity (Wildman–Crippen MR) is 71.1 cm³/mol. The van der Waals surface area contributed by atoms with Gasteiger partial charge in [0.05, 0.1) is 22.7 Å². The van der Waals surface area contributed by atoms with Crippen molar-refractivity contribution in [3.05, 3.63) is 30.0 Å². The molecule has 0 unspecified atom stereocenters. The summed E-state index contributed by atoms with van der Waals surface area (Å²) < 4.78 is 5.18. The lowest BCUT2D eigenvalue weighted by molar-refractivity contribution is 0.382. The molecule has 2 aromatic heterocycles. The van der Waals surface area contributed by atoms with Crippen molar-refractivity contribution in [1.29, 1.82) is 0 Å². The van der Waals surface area contributed by atoms with Gasteiger partial charge in [-0.15, -0.1) is 0 Å². The van der Waals surface area contributed by atoms with E-state index in [0.29, 0.717) is 23.2 Å². The first-order chi connectivity index (χ1) is 8.63. The monoisotopic (exact) mass is 264 g/mol. The Bertz CT molecular complexity index is 495. The van der Waals surface area contributed by atoms with Gasteiger partial charge in [0.15, 0.2) is 5.82 Å². The highest BCUT2D eigenvalue weighted by atomic mass is 32.2. The summed E-state index contributed by atoms with van der Waals surface area (Å²) >= 11 is 1.55. The standard InChI is InChI=1S/C12H16N4OS/c1-8(2)5-10-15-11(17-16-10)7-18-12-4-3-9(13)6-14-12/h3-4,6,8H,5,7,13H2,1-2H3. The van der Waals surface area contributed by atoms with E-state index in [1.165, 1.54) is 0 Å². The third kappa shape index (κ3) is 3.73. The number of nitrogens with two attached hydrogens (primary N) is 1. The smallest absolute Gasteiger partial charge is 0.237 e. The van der Waals surface area contributed by atoms with Crippen molar-refractivity contribution in [3.63, 3.8) is 0 Å². The Morgan fingerprint density at radius 1 is 1.39 bits per heavy atom. The maximum atomic E-state index is 5.57. The Kier molecular flexibility index (Phi) is 4.19. The molecule has 96 valence electrons. The number of thioether (sulfide) groups is 1. The fraction of sp³-hybridized carbons (Fsp3) is 0.417. The Morgan fingerprint density at radius 2 is 2.22 bits per heavy atom. The van der Waals surface area contributed by atoms with Gasteiger partial charge < -0.3 is 10.3 Å². The molecule has 2 N–H and O–H groups in total. The Balaban J connectivity index is 1.90.